The highest BCUT2D eigenvalue weighted by molar-refractivity contribution is 7.99. The Labute approximate surface area is 68.2 Å². The van der Waals surface area contributed by atoms with Gasteiger partial charge in [0.15, 0.2) is 0 Å². The van der Waals surface area contributed by atoms with Gasteiger partial charge in [0.2, 0.25) is 0 Å². The Morgan fingerprint density at radius 2 is 2.00 bits per heavy atom. The molecule has 0 aliphatic carbocycles. The molecule has 0 spiro atoms. The monoisotopic (exact) mass is 159 g/mol. The van der Waals surface area contributed by atoms with E-state index in [4.69, 9.17) is 0 Å². The molecule has 0 unspecified atom stereocenters. The predicted molar refractivity (Wildman–Crippen MR) is 48.7 cm³/mol. The van der Waals surface area contributed by atoms with E-state index in [9.17, 15) is 0 Å². The summed E-state index contributed by atoms with van der Waals surface area (Å²) >= 11 is 2.10. The zero-order valence-corrected chi connectivity index (χ0v) is 7.78. The first-order valence-corrected chi connectivity index (χ1v) is 5.28. The highest BCUT2D eigenvalue weighted by atomic mass is 32.2. The smallest absolute Gasteiger partial charge is 0.0108 e. The van der Waals surface area contributed by atoms with Crippen LogP contribution in [0.15, 0.2) is 0 Å². The maximum absolute atomic E-state index is 2.47. The van der Waals surface area contributed by atoms with Crippen LogP contribution in [0, 0.1) is 0 Å². The van der Waals surface area contributed by atoms with Crippen LogP contribution < -0.4 is 0 Å². The maximum atomic E-state index is 2.47. The summed E-state index contributed by atoms with van der Waals surface area (Å²) in [5.41, 5.74) is 0. The number of hydrogen-bond acceptors (Lipinski definition) is 2. The molecule has 60 valence electrons. The molecule has 0 aromatic heterocycles. The minimum absolute atomic E-state index is 0.881. The molecule has 0 radical (unpaired) electrons. The van der Waals surface area contributed by atoms with Crippen LogP contribution >= 0.6 is 11.8 Å². The second-order valence-corrected chi connectivity index (χ2v) is 4.14. The minimum Gasteiger partial charge on any atom is -0.304 e. The fraction of sp³-hybridized carbons (Fsp3) is 1.00. The van der Waals surface area contributed by atoms with Gasteiger partial charge in [0.1, 0.15) is 0 Å². The van der Waals surface area contributed by atoms with Crippen LogP contribution in [-0.2, 0) is 0 Å². The molecule has 10 heavy (non-hydrogen) atoms. The molecule has 1 aliphatic rings. The molecule has 0 bridgehead atoms. The molecule has 2 heteroatoms. The van der Waals surface area contributed by atoms with Crippen molar-refractivity contribution in [2.45, 2.75) is 25.8 Å². The number of nitrogens with zero attached hydrogens (tertiary/aromatic N) is 1. The van der Waals surface area contributed by atoms with Crippen LogP contribution in [0.4, 0.5) is 0 Å². The molecule has 0 saturated carbocycles. The Hall–Kier alpha value is 0.310. The maximum Gasteiger partial charge on any atom is 0.0108 e. The fourth-order valence-electron chi connectivity index (χ4n) is 1.38. The topological polar surface area (TPSA) is 3.24 Å². The average molecular weight is 159 g/mol. The van der Waals surface area contributed by atoms with Gasteiger partial charge in [-0.2, -0.15) is 11.8 Å². The summed E-state index contributed by atoms with van der Waals surface area (Å²) < 4.78 is 0. The Morgan fingerprint density at radius 3 is 2.50 bits per heavy atom. The van der Waals surface area contributed by atoms with Crippen LogP contribution in [0.5, 0.6) is 0 Å². The van der Waals surface area contributed by atoms with Crippen molar-refractivity contribution in [2.24, 2.45) is 0 Å². The molecule has 1 saturated heterocycles. The lowest BCUT2D eigenvalue weighted by molar-refractivity contribution is 0.241. The third kappa shape index (κ3) is 2.17. The Kier molecular flexibility index (Phi) is 3.57. The van der Waals surface area contributed by atoms with Crippen molar-refractivity contribution >= 4 is 11.8 Å². The van der Waals surface area contributed by atoms with Crippen LogP contribution in [0.25, 0.3) is 0 Å². The summed E-state index contributed by atoms with van der Waals surface area (Å²) in [6.45, 7) is 3.44. The molecule has 1 nitrogen and oxygen atoms in total. The van der Waals surface area contributed by atoms with Crippen molar-refractivity contribution in [1.29, 1.82) is 0 Å². The third-order valence-electron chi connectivity index (χ3n) is 2.31. The lowest BCUT2D eigenvalue weighted by Crippen LogP contribution is -2.34. The average Bonchev–Trinajstić information content (AvgIpc) is 2.05. The summed E-state index contributed by atoms with van der Waals surface area (Å²) in [7, 11) is 2.24. The standard InChI is InChI=1S/C8H17NS/c1-3-9(2)8-4-6-10-7-5-8/h8H,3-7H2,1-2H3. The molecule has 0 N–H and O–H groups in total. The Morgan fingerprint density at radius 1 is 1.40 bits per heavy atom. The first kappa shape index (κ1) is 8.41. The zero-order chi connectivity index (χ0) is 7.40. The van der Waals surface area contributed by atoms with Gasteiger partial charge in [-0.3, -0.25) is 0 Å². The van der Waals surface area contributed by atoms with Crippen LogP contribution in [-0.4, -0.2) is 36.0 Å². The molecule has 0 aromatic rings. The molecule has 1 aliphatic heterocycles. The van der Waals surface area contributed by atoms with Gasteiger partial charge in [-0.1, -0.05) is 6.92 Å². The van der Waals surface area contributed by atoms with E-state index < -0.39 is 0 Å². The van der Waals surface area contributed by atoms with Crippen LogP contribution in [0.2, 0.25) is 0 Å². The SMILES string of the molecule is CCN(C)C1CCSCC1. The predicted octanol–water partition coefficient (Wildman–Crippen LogP) is 1.83. The van der Waals surface area contributed by atoms with Crippen molar-refractivity contribution in [3.05, 3.63) is 0 Å². The first-order valence-electron chi connectivity index (χ1n) is 4.12. The van der Waals surface area contributed by atoms with Gasteiger partial charge in [0, 0.05) is 6.04 Å². The third-order valence-corrected chi connectivity index (χ3v) is 3.36. The lowest BCUT2D eigenvalue weighted by Gasteiger charge is -2.29. The van der Waals surface area contributed by atoms with E-state index in [0.29, 0.717) is 0 Å². The fourth-order valence-corrected chi connectivity index (χ4v) is 2.47. The van der Waals surface area contributed by atoms with Crippen LogP contribution in [0.3, 0.4) is 0 Å². The number of rotatable bonds is 2. The molecule has 0 aromatic carbocycles. The van der Waals surface area contributed by atoms with Crippen LogP contribution in [0.1, 0.15) is 19.8 Å². The van der Waals surface area contributed by atoms with E-state index in [1.54, 1.807) is 0 Å². The largest absolute Gasteiger partial charge is 0.304 e. The van der Waals surface area contributed by atoms with Crippen molar-refractivity contribution in [3.8, 4) is 0 Å². The van der Waals surface area contributed by atoms with Crippen molar-refractivity contribution in [3.63, 3.8) is 0 Å². The van der Waals surface area contributed by atoms with E-state index in [1.165, 1.54) is 30.9 Å². The molecular formula is C8H17NS. The molecule has 1 rings (SSSR count). The Bertz CT molecular complexity index is 89.3. The van der Waals surface area contributed by atoms with Crippen molar-refractivity contribution in [1.82, 2.24) is 4.90 Å². The van der Waals surface area contributed by atoms with E-state index >= 15 is 0 Å². The van der Waals surface area contributed by atoms with Gasteiger partial charge < -0.3 is 4.90 Å². The summed E-state index contributed by atoms with van der Waals surface area (Å²) in [6.07, 6.45) is 2.80. The van der Waals surface area contributed by atoms with Gasteiger partial charge in [0.25, 0.3) is 0 Å². The Balaban J connectivity index is 2.24. The van der Waals surface area contributed by atoms with E-state index in [0.717, 1.165) is 6.04 Å². The minimum atomic E-state index is 0.881. The van der Waals surface area contributed by atoms with Crippen molar-refractivity contribution < 1.29 is 0 Å². The summed E-state index contributed by atoms with van der Waals surface area (Å²) in [6, 6.07) is 0.881. The second-order valence-electron chi connectivity index (χ2n) is 2.92. The molecular weight excluding hydrogens is 142 g/mol. The van der Waals surface area contributed by atoms with Crippen molar-refractivity contribution in [2.75, 3.05) is 25.1 Å². The number of hydrogen-bond donors (Lipinski definition) is 0. The molecule has 1 fully saturated rings. The van der Waals surface area contributed by atoms with E-state index in [-0.39, 0.29) is 0 Å². The quantitative estimate of drug-likeness (QED) is 0.605. The molecule has 0 atom stereocenters. The van der Waals surface area contributed by atoms with Gasteiger partial charge in [-0.15, -0.1) is 0 Å². The lowest BCUT2D eigenvalue weighted by atomic mass is 10.1. The van der Waals surface area contributed by atoms with Gasteiger partial charge in [-0.25, -0.2) is 0 Å². The number of thioether (sulfide) groups is 1. The highest BCUT2D eigenvalue weighted by Crippen LogP contribution is 2.20. The van der Waals surface area contributed by atoms with E-state index in [2.05, 4.69) is 30.6 Å². The van der Waals surface area contributed by atoms with E-state index in [1.807, 2.05) is 0 Å². The molecule has 0 amide bonds. The molecule has 1 heterocycles. The van der Waals surface area contributed by atoms with Gasteiger partial charge in [-0.05, 0) is 37.9 Å². The normalized spacial score (nSPS) is 21.9. The summed E-state index contributed by atoms with van der Waals surface area (Å²) in [5.74, 6) is 2.74. The van der Waals surface area contributed by atoms with Gasteiger partial charge in [0.05, 0.1) is 0 Å². The first-order chi connectivity index (χ1) is 4.84. The summed E-state index contributed by atoms with van der Waals surface area (Å²) in [5, 5.41) is 0. The highest BCUT2D eigenvalue weighted by Gasteiger charge is 2.16. The summed E-state index contributed by atoms with van der Waals surface area (Å²) in [4.78, 5) is 2.47. The zero-order valence-electron chi connectivity index (χ0n) is 6.97. The second kappa shape index (κ2) is 4.24. The van der Waals surface area contributed by atoms with Gasteiger partial charge >= 0.3 is 0 Å².